The predicted octanol–water partition coefficient (Wildman–Crippen LogP) is 4.03. The van der Waals surface area contributed by atoms with Crippen molar-refractivity contribution >= 4 is 17.6 Å². The maximum absolute atomic E-state index is 12.4. The van der Waals surface area contributed by atoms with Gasteiger partial charge < -0.3 is 14.8 Å². The van der Waals surface area contributed by atoms with Gasteiger partial charge in [0.15, 0.2) is 12.2 Å². The highest BCUT2D eigenvalue weighted by atomic mass is 16.6. The number of amides is 1. The molecule has 2 rings (SSSR count). The summed E-state index contributed by atoms with van der Waals surface area (Å²) in [4.78, 5) is 24.7. The third-order valence-electron chi connectivity index (χ3n) is 3.97. The lowest BCUT2D eigenvalue weighted by molar-refractivity contribution is -0.160. The highest BCUT2D eigenvalue weighted by Gasteiger charge is 2.25. The van der Waals surface area contributed by atoms with Gasteiger partial charge in [-0.1, -0.05) is 37.3 Å². The first-order valence-corrected chi connectivity index (χ1v) is 8.71. The van der Waals surface area contributed by atoms with Crippen molar-refractivity contribution in [2.45, 2.75) is 46.3 Å². The molecule has 0 saturated heterocycles. The maximum Gasteiger partial charge on any atom is 0.348 e. The lowest BCUT2D eigenvalue weighted by Gasteiger charge is -2.20. The number of rotatable bonds is 7. The van der Waals surface area contributed by atoms with E-state index in [1.165, 1.54) is 0 Å². The van der Waals surface area contributed by atoms with Crippen LogP contribution in [0.25, 0.3) is 0 Å². The molecule has 26 heavy (non-hydrogen) atoms. The maximum atomic E-state index is 12.4. The van der Waals surface area contributed by atoms with Crippen molar-refractivity contribution in [3.63, 3.8) is 0 Å². The molecule has 0 saturated carbocycles. The van der Waals surface area contributed by atoms with Crippen LogP contribution in [0.2, 0.25) is 0 Å². The molecule has 0 unspecified atom stereocenters. The average molecular weight is 355 g/mol. The number of carbonyl (C=O) groups is 2. The van der Waals surface area contributed by atoms with E-state index in [4.69, 9.17) is 9.47 Å². The Kier molecular flexibility index (Phi) is 6.78. The van der Waals surface area contributed by atoms with Crippen molar-refractivity contribution in [1.29, 1.82) is 0 Å². The highest BCUT2D eigenvalue weighted by molar-refractivity contribution is 5.96. The number of carbonyl (C=O) groups excluding carboxylic acids is 2. The number of ether oxygens (including phenoxy) is 2. The first-order chi connectivity index (χ1) is 12.4. The summed E-state index contributed by atoms with van der Waals surface area (Å²) in [6.07, 6.45) is -1.23. The summed E-state index contributed by atoms with van der Waals surface area (Å²) in [5, 5.41) is 2.81. The molecule has 2 aromatic carbocycles. The predicted molar refractivity (Wildman–Crippen MR) is 101 cm³/mol. The van der Waals surface area contributed by atoms with Gasteiger partial charge in [-0.25, -0.2) is 4.79 Å². The van der Waals surface area contributed by atoms with E-state index in [2.05, 4.69) is 5.32 Å². The lowest BCUT2D eigenvalue weighted by atomic mass is 10.1. The van der Waals surface area contributed by atoms with Crippen molar-refractivity contribution in [1.82, 2.24) is 0 Å². The van der Waals surface area contributed by atoms with Gasteiger partial charge in [0.1, 0.15) is 5.75 Å². The molecule has 0 aliphatic heterocycles. The van der Waals surface area contributed by atoms with Crippen molar-refractivity contribution in [3.8, 4) is 5.75 Å². The normalized spacial score (nSPS) is 12.8. The zero-order valence-electron chi connectivity index (χ0n) is 15.6. The fourth-order valence-corrected chi connectivity index (χ4v) is 2.37. The molecule has 2 aromatic rings. The SMILES string of the molecule is CC[C@H](Oc1ccccc1)C(=O)O[C@@H](C)C(=O)Nc1cc(C)ccc1C. The van der Waals surface area contributed by atoms with Crippen LogP contribution >= 0.6 is 0 Å². The minimum atomic E-state index is -0.921. The van der Waals surface area contributed by atoms with Gasteiger partial charge in [-0.05, 0) is 56.5 Å². The number of hydrogen-bond acceptors (Lipinski definition) is 4. The highest BCUT2D eigenvalue weighted by Crippen LogP contribution is 2.18. The monoisotopic (exact) mass is 355 g/mol. The minimum absolute atomic E-state index is 0.374. The smallest absolute Gasteiger partial charge is 0.348 e. The second-order valence-corrected chi connectivity index (χ2v) is 6.21. The van der Waals surface area contributed by atoms with Crippen LogP contribution in [-0.2, 0) is 14.3 Å². The number of anilines is 1. The first kappa shape index (κ1) is 19.5. The molecule has 1 N–H and O–H groups in total. The molecule has 0 fully saturated rings. The fourth-order valence-electron chi connectivity index (χ4n) is 2.37. The van der Waals surface area contributed by atoms with E-state index < -0.39 is 18.2 Å². The third kappa shape index (κ3) is 5.34. The Hall–Kier alpha value is -2.82. The summed E-state index contributed by atoms with van der Waals surface area (Å²) in [7, 11) is 0. The summed E-state index contributed by atoms with van der Waals surface area (Å²) in [6.45, 7) is 7.24. The van der Waals surface area contributed by atoms with Gasteiger partial charge in [0.2, 0.25) is 0 Å². The Morgan fingerprint density at radius 1 is 1.08 bits per heavy atom. The van der Waals surface area contributed by atoms with Crippen LogP contribution < -0.4 is 10.1 Å². The molecule has 1 amide bonds. The summed E-state index contributed by atoms with van der Waals surface area (Å²) < 4.78 is 11.0. The van der Waals surface area contributed by atoms with Crippen molar-refractivity contribution in [3.05, 3.63) is 59.7 Å². The number of benzene rings is 2. The molecule has 0 bridgehead atoms. The molecule has 5 heteroatoms. The molecule has 2 atom stereocenters. The van der Waals surface area contributed by atoms with Gasteiger partial charge >= 0.3 is 5.97 Å². The number of hydrogen-bond donors (Lipinski definition) is 1. The lowest BCUT2D eigenvalue weighted by Crippen LogP contribution is -2.36. The molecule has 0 aliphatic carbocycles. The van der Waals surface area contributed by atoms with Gasteiger partial charge in [-0.3, -0.25) is 4.79 Å². The zero-order valence-corrected chi connectivity index (χ0v) is 15.6. The van der Waals surface area contributed by atoms with Crippen LogP contribution in [0.1, 0.15) is 31.4 Å². The zero-order chi connectivity index (χ0) is 19.1. The standard InChI is InChI=1S/C21H25NO4/c1-5-19(26-17-9-7-6-8-10-17)21(24)25-16(4)20(23)22-18-13-14(2)11-12-15(18)3/h6-13,16,19H,5H2,1-4H3,(H,22,23)/t16-,19-/m0/s1. The second-order valence-electron chi connectivity index (χ2n) is 6.21. The van der Waals surface area contributed by atoms with E-state index in [-0.39, 0.29) is 5.91 Å². The Morgan fingerprint density at radius 2 is 1.77 bits per heavy atom. The van der Waals surface area contributed by atoms with Crippen LogP contribution in [0.5, 0.6) is 5.75 Å². The Labute approximate surface area is 154 Å². The largest absolute Gasteiger partial charge is 0.479 e. The summed E-state index contributed by atoms with van der Waals surface area (Å²) in [5.74, 6) is -0.342. The van der Waals surface area contributed by atoms with Crippen LogP contribution in [0.4, 0.5) is 5.69 Å². The molecule has 0 radical (unpaired) electrons. The van der Waals surface area contributed by atoms with Crippen molar-refractivity contribution in [2.24, 2.45) is 0 Å². The molecular formula is C21H25NO4. The Morgan fingerprint density at radius 3 is 2.42 bits per heavy atom. The third-order valence-corrected chi connectivity index (χ3v) is 3.97. The van der Waals surface area contributed by atoms with E-state index >= 15 is 0 Å². The topological polar surface area (TPSA) is 64.6 Å². The Balaban J connectivity index is 1.96. The van der Waals surface area contributed by atoms with Crippen LogP contribution in [0.3, 0.4) is 0 Å². The second kappa shape index (κ2) is 9.04. The molecule has 0 spiro atoms. The Bertz CT molecular complexity index is 758. The van der Waals surface area contributed by atoms with Gasteiger partial charge in [-0.2, -0.15) is 0 Å². The van der Waals surface area contributed by atoms with Gasteiger partial charge in [0.25, 0.3) is 5.91 Å². The van der Waals surface area contributed by atoms with Crippen molar-refractivity contribution in [2.75, 3.05) is 5.32 Å². The number of esters is 1. The molecule has 138 valence electrons. The van der Waals surface area contributed by atoms with Crippen LogP contribution in [0, 0.1) is 13.8 Å². The van der Waals surface area contributed by atoms with Gasteiger partial charge in [0, 0.05) is 5.69 Å². The van der Waals surface area contributed by atoms with Gasteiger partial charge in [0.05, 0.1) is 0 Å². The molecule has 5 nitrogen and oxygen atoms in total. The average Bonchev–Trinajstić information content (AvgIpc) is 2.63. The number of para-hydroxylation sites is 1. The number of aryl methyl sites for hydroxylation is 2. The van der Waals surface area contributed by atoms with E-state index in [0.29, 0.717) is 17.9 Å². The summed E-state index contributed by atoms with van der Waals surface area (Å²) >= 11 is 0. The minimum Gasteiger partial charge on any atom is -0.479 e. The van der Waals surface area contributed by atoms with Crippen LogP contribution in [-0.4, -0.2) is 24.1 Å². The van der Waals surface area contributed by atoms with E-state index in [0.717, 1.165) is 11.1 Å². The van der Waals surface area contributed by atoms with Crippen molar-refractivity contribution < 1.29 is 19.1 Å². The molecule has 0 aromatic heterocycles. The van der Waals surface area contributed by atoms with Crippen LogP contribution in [0.15, 0.2) is 48.5 Å². The van der Waals surface area contributed by atoms with E-state index in [9.17, 15) is 9.59 Å². The number of nitrogens with one attached hydrogen (secondary N) is 1. The molecular weight excluding hydrogens is 330 g/mol. The van der Waals surface area contributed by atoms with E-state index in [1.54, 1.807) is 19.1 Å². The first-order valence-electron chi connectivity index (χ1n) is 8.71. The fraction of sp³-hybridized carbons (Fsp3) is 0.333. The van der Waals surface area contributed by atoms with Gasteiger partial charge in [-0.15, -0.1) is 0 Å². The summed E-state index contributed by atoms with van der Waals surface area (Å²) in [5.41, 5.74) is 2.70. The van der Waals surface area contributed by atoms with E-state index in [1.807, 2.05) is 57.2 Å². The molecule has 0 heterocycles. The molecule has 0 aliphatic rings. The summed E-state index contributed by atoms with van der Waals surface area (Å²) in [6, 6.07) is 14.9. The quantitative estimate of drug-likeness (QED) is 0.762.